The van der Waals surface area contributed by atoms with Crippen molar-refractivity contribution < 1.29 is 0 Å². The first kappa shape index (κ1) is 5.12. The number of rotatable bonds is 0. The summed E-state index contributed by atoms with van der Waals surface area (Å²) in [6, 6.07) is 1.92. The van der Waals surface area contributed by atoms with E-state index in [2.05, 4.69) is 6.08 Å². The second-order valence-electron chi connectivity index (χ2n) is 2.11. The lowest BCUT2D eigenvalue weighted by molar-refractivity contribution is 1.09. The van der Waals surface area contributed by atoms with Gasteiger partial charge in [-0.15, -0.1) is 0 Å². The second kappa shape index (κ2) is 1.64. The minimum absolute atomic E-state index is 0.875. The van der Waals surface area contributed by atoms with Gasteiger partial charge in [0.05, 0.1) is 5.02 Å². The molecule has 1 aromatic rings. The molecule has 0 fully saturated rings. The third-order valence-electron chi connectivity index (χ3n) is 1.55. The maximum atomic E-state index is 5.82. The molecule has 0 saturated carbocycles. The Morgan fingerprint density at radius 2 is 2.44 bits per heavy atom. The van der Waals surface area contributed by atoms with Gasteiger partial charge >= 0.3 is 0 Å². The molecule has 0 spiro atoms. The topological polar surface area (TPSA) is 4.93 Å². The highest BCUT2D eigenvalue weighted by molar-refractivity contribution is 6.31. The zero-order valence-electron chi connectivity index (χ0n) is 4.84. The van der Waals surface area contributed by atoms with Crippen LogP contribution in [0.1, 0.15) is 5.69 Å². The molecule has 2 heteroatoms. The Balaban J connectivity index is 2.65. The summed E-state index contributed by atoms with van der Waals surface area (Å²) in [5.41, 5.74) is 1.21. The SMILES string of the molecule is Clc1ccn2c1CC=C2. The van der Waals surface area contributed by atoms with E-state index in [4.69, 9.17) is 11.6 Å². The third kappa shape index (κ3) is 0.615. The molecule has 1 nitrogen and oxygen atoms in total. The van der Waals surface area contributed by atoms with Gasteiger partial charge in [0.2, 0.25) is 0 Å². The van der Waals surface area contributed by atoms with Crippen LogP contribution < -0.4 is 0 Å². The van der Waals surface area contributed by atoms with Crippen LogP contribution in [0.4, 0.5) is 0 Å². The molecule has 0 bridgehead atoms. The van der Waals surface area contributed by atoms with Crippen molar-refractivity contribution in [1.82, 2.24) is 4.57 Å². The molecule has 0 saturated heterocycles. The maximum Gasteiger partial charge on any atom is 0.0622 e. The van der Waals surface area contributed by atoms with E-state index in [9.17, 15) is 0 Å². The first-order chi connectivity index (χ1) is 4.38. The Bertz CT molecular complexity index is 260. The number of nitrogens with zero attached hydrogens (tertiary/aromatic N) is 1. The smallest absolute Gasteiger partial charge is 0.0622 e. The predicted molar refractivity (Wildman–Crippen MR) is 38.5 cm³/mol. The quantitative estimate of drug-likeness (QED) is 0.519. The lowest BCUT2D eigenvalue weighted by Crippen LogP contribution is -1.82. The van der Waals surface area contributed by atoms with Crippen LogP contribution >= 0.6 is 11.6 Å². The van der Waals surface area contributed by atoms with Crippen LogP contribution in [0.2, 0.25) is 5.02 Å². The van der Waals surface area contributed by atoms with Crippen LogP contribution in [0.5, 0.6) is 0 Å². The largest absolute Gasteiger partial charge is 0.326 e. The van der Waals surface area contributed by atoms with E-state index in [-0.39, 0.29) is 0 Å². The van der Waals surface area contributed by atoms with Crippen molar-refractivity contribution in [2.75, 3.05) is 0 Å². The minimum atomic E-state index is 0.875. The Morgan fingerprint density at radius 3 is 3.22 bits per heavy atom. The van der Waals surface area contributed by atoms with Crippen molar-refractivity contribution in [3.05, 3.63) is 29.1 Å². The second-order valence-corrected chi connectivity index (χ2v) is 2.51. The number of fused-ring (bicyclic) bond motifs is 1. The first-order valence-corrected chi connectivity index (χ1v) is 3.27. The van der Waals surface area contributed by atoms with Crippen molar-refractivity contribution >= 4 is 17.8 Å². The predicted octanol–water partition coefficient (Wildman–Crippen LogP) is 2.17. The van der Waals surface area contributed by atoms with Crippen molar-refractivity contribution in [3.63, 3.8) is 0 Å². The standard InChI is InChI=1S/C7H6ClN/c8-6-3-5-9-4-1-2-7(6)9/h1,3-5H,2H2. The van der Waals surface area contributed by atoms with E-state index >= 15 is 0 Å². The van der Waals surface area contributed by atoms with Crippen molar-refractivity contribution in [2.45, 2.75) is 6.42 Å². The molecule has 2 heterocycles. The highest BCUT2D eigenvalue weighted by atomic mass is 35.5. The summed E-state index contributed by atoms with van der Waals surface area (Å²) in [5, 5.41) is 0.875. The van der Waals surface area contributed by atoms with Crippen LogP contribution in [-0.2, 0) is 6.42 Å². The summed E-state index contributed by atoms with van der Waals surface area (Å²) in [6.07, 6.45) is 7.08. The normalized spacial score (nSPS) is 14.3. The van der Waals surface area contributed by atoms with Gasteiger partial charge in [0.1, 0.15) is 0 Å². The third-order valence-corrected chi connectivity index (χ3v) is 1.89. The fourth-order valence-electron chi connectivity index (χ4n) is 1.08. The van der Waals surface area contributed by atoms with E-state index in [1.807, 2.05) is 23.0 Å². The molecule has 0 amide bonds. The molecule has 0 N–H and O–H groups in total. The Labute approximate surface area is 58.6 Å². The zero-order chi connectivity index (χ0) is 6.27. The van der Waals surface area contributed by atoms with Crippen LogP contribution in [0.25, 0.3) is 6.20 Å². The number of hydrogen-bond acceptors (Lipinski definition) is 0. The Morgan fingerprint density at radius 1 is 1.56 bits per heavy atom. The van der Waals surface area contributed by atoms with Crippen LogP contribution in [0.15, 0.2) is 18.3 Å². The summed E-state index contributed by atoms with van der Waals surface area (Å²) in [4.78, 5) is 0. The van der Waals surface area contributed by atoms with E-state index in [0.717, 1.165) is 11.4 Å². The molecule has 9 heavy (non-hydrogen) atoms. The zero-order valence-corrected chi connectivity index (χ0v) is 5.60. The number of allylic oxidation sites excluding steroid dienone is 1. The highest BCUT2D eigenvalue weighted by Crippen LogP contribution is 2.21. The lowest BCUT2D eigenvalue weighted by Gasteiger charge is -1.91. The van der Waals surface area contributed by atoms with Crippen LogP contribution in [0.3, 0.4) is 0 Å². The van der Waals surface area contributed by atoms with E-state index in [1.54, 1.807) is 0 Å². The minimum Gasteiger partial charge on any atom is -0.326 e. The molecule has 0 radical (unpaired) electrons. The molecule has 1 aliphatic rings. The summed E-state index contributed by atoms with van der Waals surface area (Å²) < 4.78 is 2.04. The molecule has 2 rings (SSSR count). The van der Waals surface area contributed by atoms with Gasteiger partial charge < -0.3 is 4.57 Å². The summed E-state index contributed by atoms with van der Waals surface area (Å²) in [6.45, 7) is 0. The van der Waals surface area contributed by atoms with Gasteiger partial charge in [0, 0.05) is 24.5 Å². The van der Waals surface area contributed by atoms with E-state index in [0.29, 0.717) is 0 Å². The molecule has 0 atom stereocenters. The van der Waals surface area contributed by atoms with Gasteiger partial charge in [0.25, 0.3) is 0 Å². The molecule has 46 valence electrons. The summed E-state index contributed by atoms with van der Waals surface area (Å²) in [7, 11) is 0. The molecule has 0 aliphatic carbocycles. The van der Waals surface area contributed by atoms with Gasteiger partial charge in [-0.1, -0.05) is 17.7 Å². The highest BCUT2D eigenvalue weighted by Gasteiger charge is 2.06. The molecule has 1 aliphatic heterocycles. The van der Waals surface area contributed by atoms with Crippen molar-refractivity contribution in [1.29, 1.82) is 0 Å². The molecule has 1 aromatic heterocycles. The average molecular weight is 140 g/mol. The number of hydrogen-bond donors (Lipinski definition) is 0. The van der Waals surface area contributed by atoms with E-state index in [1.165, 1.54) is 5.69 Å². The molecule has 0 aromatic carbocycles. The average Bonchev–Trinajstić information content (AvgIpc) is 2.35. The van der Waals surface area contributed by atoms with Gasteiger partial charge in [-0.3, -0.25) is 0 Å². The molecular weight excluding hydrogens is 134 g/mol. The molecular formula is C7H6ClN. The monoisotopic (exact) mass is 139 g/mol. The first-order valence-electron chi connectivity index (χ1n) is 2.90. The molecule has 0 unspecified atom stereocenters. The summed E-state index contributed by atoms with van der Waals surface area (Å²) in [5.74, 6) is 0. The van der Waals surface area contributed by atoms with Crippen molar-refractivity contribution in [2.24, 2.45) is 0 Å². The fraction of sp³-hybridized carbons (Fsp3) is 0.143. The maximum absolute atomic E-state index is 5.82. The fourth-order valence-corrected chi connectivity index (χ4v) is 1.31. The summed E-state index contributed by atoms with van der Waals surface area (Å²) >= 11 is 5.82. The van der Waals surface area contributed by atoms with Crippen LogP contribution in [-0.4, -0.2) is 4.57 Å². The Kier molecular flexibility index (Phi) is 0.935. The van der Waals surface area contributed by atoms with Gasteiger partial charge in [-0.2, -0.15) is 0 Å². The number of halogens is 1. The van der Waals surface area contributed by atoms with Crippen molar-refractivity contribution in [3.8, 4) is 0 Å². The van der Waals surface area contributed by atoms with Crippen LogP contribution in [0, 0.1) is 0 Å². The number of aromatic nitrogens is 1. The van der Waals surface area contributed by atoms with Gasteiger partial charge in [-0.05, 0) is 6.07 Å². The van der Waals surface area contributed by atoms with E-state index < -0.39 is 0 Å². The lowest BCUT2D eigenvalue weighted by atomic mass is 10.3. The Hall–Kier alpha value is -0.690. The van der Waals surface area contributed by atoms with Gasteiger partial charge in [-0.25, -0.2) is 0 Å². The van der Waals surface area contributed by atoms with Gasteiger partial charge in [0.15, 0.2) is 0 Å².